The molecule has 0 radical (unpaired) electrons. The maximum atomic E-state index is 4.64. The Hall–Kier alpha value is -1.99. The minimum absolute atomic E-state index is 0.688. The van der Waals surface area contributed by atoms with Gasteiger partial charge in [0.25, 0.3) is 0 Å². The zero-order chi connectivity index (χ0) is 15.5. The molecule has 0 bridgehead atoms. The van der Waals surface area contributed by atoms with Crippen LogP contribution in [0.15, 0.2) is 34.9 Å². The zero-order valence-electron chi connectivity index (χ0n) is 12.5. The summed E-state index contributed by atoms with van der Waals surface area (Å²) in [5.41, 5.74) is 3.27. The SMILES string of the molecule is CN(C)CCNc1cnc2[nH]nc(-c3cccc(Br)c3)c2n1. The van der Waals surface area contributed by atoms with Crippen molar-refractivity contribution in [1.82, 2.24) is 25.1 Å². The second-order valence-electron chi connectivity index (χ2n) is 5.27. The second kappa shape index (κ2) is 6.41. The highest BCUT2D eigenvalue weighted by atomic mass is 79.9. The third-order valence-corrected chi connectivity index (χ3v) is 3.73. The molecule has 0 fully saturated rings. The highest BCUT2D eigenvalue weighted by Gasteiger charge is 2.11. The van der Waals surface area contributed by atoms with Crippen molar-refractivity contribution < 1.29 is 0 Å². The lowest BCUT2D eigenvalue weighted by Gasteiger charge is -2.10. The van der Waals surface area contributed by atoms with Gasteiger partial charge < -0.3 is 10.2 Å². The van der Waals surface area contributed by atoms with Crippen LogP contribution in [0.4, 0.5) is 5.82 Å². The molecule has 0 saturated carbocycles. The Morgan fingerprint density at radius 2 is 2.18 bits per heavy atom. The Kier molecular flexibility index (Phi) is 4.35. The average molecular weight is 361 g/mol. The summed E-state index contributed by atoms with van der Waals surface area (Å²) in [5.74, 6) is 0.756. The number of anilines is 1. The monoisotopic (exact) mass is 360 g/mol. The van der Waals surface area contributed by atoms with Crippen LogP contribution >= 0.6 is 15.9 Å². The maximum absolute atomic E-state index is 4.64. The molecule has 2 N–H and O–H groups in total. The fourth-order valence-corrected chi connectivity index (χ4v) is 2.53. The molecule has 0 unspecified atom stereocenters. The number of H-pyrrole nitrogens is 1. The number of rotatable bonds is 5. The Balaban J connectivity index is 1.92. The van der Waals surface area contributed by atoms with Gasteiger partial charge in [-0.25, -0.2) is 9.97 Å². The first-order chi connectivity index (χ1) is 10.6. The van der Waals surface area contributed by atoms with Crippen molar-refractivity contribution in [3.8, 4) is 11.3 Å². The van der Waals surface area contributed by atoms with Crippen LogP contribution in [-0.2, 0) is 0 Å². The molecule has 2 aromatic heterocycles. The van der Waals surface area contributed by atoms with E-state index in [-0.39, 0.29) is 0 Å². The van der Waals surface area contributed by atoms with Gasteiger partial charge in [0.15, 0.2) is 5.65 Å². The standard InChI is InChI=1S/C15H17BrN6/c1-22(2)7-6-17-12-9-18-15-14(19-12)13(20-21-15)10-4-3-5-11(16)8-10/h3-5,8-9H,6-7H2,1-2H3,(H,17,19)(H,18,20,21). The van der Waals surface area contributed by atoms with Crippen LogP contribution in [0.2, 0.25) is 0 Å². The topological polar surface area (TPSA) is 69.7 Å². The molecule has 6 nitrogen and oxygen atoms in total. The number of aromatic amines is 1. The minimum atomic E-state index is 0.688. The first-order valence-corrected chi connectivity index (χ1v) is 7.78. The van der Waals surface area contributed by atoms with E-state index in [9.17, 15) is 0 Å². The van der Waals surface area contributed by atoms with Crippen molar-refractivity contribution in [2.75, 3.05) is 32.5 Å². The molecule has 0 atom stereocenters. The van der Waals surface area contributed by atoms with Crippen molar-refractivity contribution in [2.24, 2.45) is 0 Å². The third-order valence-electron chi connectivity index (χ3n) is 3.23. The fraction of sp³-hybridized carbons (Fsp3) is 0.267. The van der Waals surface area contributed by atoms with E-state index in [1.807, 2.05) is 38.4 Å². The average Bonchev–Trinajstić information content (AvgIpc) is 2.90. The molecule has 2 heterocycles. The van der Waals surface area contributed by atoms with Crippen molar-refractivity contribution in [1.29, 1.82) is 0 Å². The molecule has 1 aromatic carbocycles. The van der Waals surface area contributed by atoms with Gasteiger partial charge in [-0.3, -0.25) is 5.10 Å². The molecule has 114 valence electrons. The third kappa shape index (κ3) is 3.26. The number of halogens is 1. The van der Waals surface area contributed by atoms with E-state index in [0.29, 0.717) is 5.65 Å². The van der Waals surface area contributed by atoms with Crippen LogP contribution in [-0.4, -0.2) is 52.3 Å². The molecular weight excluding hydrogens is 344 g/mol. The number of hydrogen-bond acceptors (Lipinski definition) is 5. The molecule has 7 heteroatoms. The van der Waals surface area contributed by atoms with E-state index in [2.05, 4.69) is 46.3 Å². The van der Waals surface area contributed by atoms with Crippen LogP contribution in [0.25, 0.3) is 22.4 Å². The summed E-state index contributed by atoms with van der Waals surface area (Å²) in [5, 5.41) is 10.6. The Bertz CT molecular complexity index is 783. The second-order valence-corrected chi connectivity index (χ2v) is 6.18. The molecule has 0 saturated heterocycles. The molecule has 0 aliphatic rings. The van der Waals surface area contributed by atoms with Crippen LogP contribution in [0.1, 0.15) is 0 Å². The lowest BCUT2D eigenvalue weighted by atomic mass is 10.1. The number of hydrogen-bond donors (Lipinski definition) is 2. The van der Waals surface area contributed by atoms with Crippen molar-refractivity contribution >= 4 is 32.9 Å². The number of nitrogens with one attached hydrogen (secondary N) is 2. The van der Waals surface area contributed by atoms with Gasteiger partial charge in [0.05, 0.1) is 6.20 Å². The summed E-state index contributed by atoms with van der Waals surface area (Å²) in [6, 6.07) is 7.99. The predicted molar refractivity (Wildman–Crippen MR) is 91.9 cm³/mol. The maximum Gasteiger partial charge on any atom is 0.174 e. The van der Waals surface area contributed by atoms with Crippen molar-refractivity contribution in [3.05, 3.63) is 34.9 Å². The van der Waals surface area contributed by atoms with E-state index in [1.165, 1.54) is 0 Å². The summed E-state index contributed by atoms with van der Waals surface area (Å²) in [6.45, 7) is 1.75. The Labute approximate surface area is 137 Å². The van der Waals surface area contributed by atoms with Gasteiger partial charge in [-0.05, 0) is 26.2 Å². The molecular formula is C15H17BrN6. The van der Waals surface area contributed by atoms with Gasteiger partial charge in [-0.2, -0.15) is 5.10 Å². The van der Waals surface area contributed by atoms with Gasteiger partial charge in [-0.1, -0.05) is 28.1 Å². The summed E-state index contributed by atoms with van der Waals surface area (Å²) >= 11 is 3.48. The smallest absolute Gasteiger partial charge is 0.174 e. The van der Waals surface area contributed by atoms with Crippen LogP contribution < -0.4 is 5.32 Å². The fourth-order valence-electron chi connectivity index (χ4n) is 2.13. The number of likely N-dealkylation sites (N-methyl/N-ethyl adjacent to an activating group) is 1. The molecule has 0 aliphatic carbocycles. The number of nitrogens with zero attached hydrogens (tertiary/aromatic N) is 4. The molecule has 0 spiro atoms. The number of benzene rings is 1. The molecule has 0 aliphatic heterocycles. The van der Waals surface area contributed by atoms with Crippen LogP contribution in [0.3, 0.4) is 0 Å². The van der Waals surface area contributed by atoms with Gasteiger partial charge >= 0.3 is 0 Å². The summed E-state index contributed by atoms with van der Waals surface area (Å²) in [4.78, 5) is 11.1. The molecule has 0 amide bonds. The summed E-state index contributed by atoms with van der Waals surface area (Å²) in [7, 11) is 4.08. The van der Waals surface area contributed by atoms with Crippen molar-refractivity contribution in [3.63, 3.8) is 0 Å². The number of fused-ring (bicyclic) bond motifs is 1. The van der Waals surface area contributed by atoms with Gasteiger partial charge in [0, 0.05) is 23.1 Å². The first kappa shape index (κ1) is 14.9. The van der Waals surface area contributed by atoms with E-state index in [4.69, 9.17) is 0 Å². The van der Waals surface area contributed by atoms with Crippen LogP contribution in [0, 0.1) is 0 Å². The van der Waals surface area contributed by atoms with Crippen molar-refractivity contribution in [2.45, 2.75) is 0 Å². The molecule has 22 heavy (non-hydrogen) atoms. The highest BCUT2D eigenvalue weighted by Crippen LogP contribution is 2.26. The normalized spacial score (nSPS) is 11.3. The minimum Gasteiger partial charge on any atom is -0.367 e. The predicted octanol–water partition coefficient (Wildman–Crippen LogP) is 2.76. The lowest BCUT2D eigenvalue weighted by molar-refractivity contribution is 0.425. The number of aromatic nitrogens is 4. The van der Waals surface area contributed by atoms with E-state index in [0.717, 1.165) is 40.2 Å². The molecule has 3 aromatic rings. The summed E-state index contributed by atoms with van der Waals surface area (Å²) < 4.78 is 1.01. The largest absolute Gasteiger partial charge is 0.367 e. The zero-order valence-corrected chi connectivity index (χ0v) is 14.1. The van der Waals surface area contributed by atoms with E-state index < -0.39 is 0 Å². The van der Waals surface area contributed by atoms with Gasteiger partial charge in [0.1, 0.15) is 17.0 Å². The Morgan fingerprint density at radius 3 is 2.95 bits per heavy atom. The summed E-state index contributed by atoms with van der Waals surface area (Å²) in [6.07, 6.45) is 1.72. The first-order valence-electron chi connectivity index (χ1n) is 6.99. The van der Waals surface area contributed by atoms with Crippen LogP contribution in [0.5, 0.6) is 0 Å². The quantitative estimate of drug-likeness (QED) is 0.731. The molecule has 3 rings (SSSR count). The van der Waals surface area contributed by atoms with Gasteiger partial charge in [0.2, 0.25) is 0 Å². The van der Waals surface area contributed by atoms with Gasteiger partial charge in [-0.15, -0.1) is 0 Å². The van der Waals surface area contributed by atoms with E-state index in [1.54, 1.807) is 6.20 Å². The lowest BCUT2D eigenvalue weighted by Crippen LogP contribution is -2.21. The Morgan fingerprint density at radius 1 is 1.32 bits per heavy atom. The highest BCUT2D eigenvalue weighted by molar-refractivity contribution is 9.10. The van der Waals surface area contributed by atoms with E-state index >= 15 is 0 Å².